The van der Waals surface area contributed by atoms with E-state index >= 15 is 0 Å². The van der Waals surface area contributed by atoms with Crippen molar-refractivity contribution < 1.29 is 14.3 Å². The van der Waals surface area contributed by atoms with Crippen LogP contribution in [0, 0.1) is 0 Å². The fraction of sp³-hybridized carbons (Fsp3) is 0.222. The van der Waals surface area contributed by atoms with Gasteiger partial charge in [-0.1, -0.05) is 30.3 Å². The molecule has 0 saturated heterocycles. The molecule has 0 radical (unpaired) electrons. The number of aryl methyl sites for hydroxylation is 1. The Hall–Kier alpha value is -3.02. The lowest BCUT2D eigenvalue weighted by molar-refractivity contribution is -0.120. The minimum absolute atomic E-state index is 0.0332. The highest BCUT2D eigenvalue weighted by Crippen LogP contribution is 2.15. The second-order valence-corrected chi connectivity index (χ2v) is 5.21. The van der Waals surface area contributed by atoms with Crippen LogP contribution >= 0.6 is 0 Å². The van der Waals surface area contributed by atoms with Crippen LogP contribution < -0.4 is 21.1 Å². The third-order valence-corrected chi connectivity index (χ3v) is 3.33. The van der Waals surface area contributed by atoms with Crippen molar-refractivity contribution in [3.8, 4) is 5.75 Å². The number of rotatable bonds is 8. The Bertz CT molecular complexity index is 657. The molecule has 4 N–H and O–H groups in total. The lowest BCUT2D eigenvalue weighted by atomic mass is 10.1. The Balaban J connectivity index is 1.62. The second-order valence-electron chi connectivity index (χ2n) is 5.21. The normalized spacial score (nSPS) is 10.0. The number of carbonyl (C=O) groups is 2. The van der Waals surface area contributed by atoms with Crippen molar-refractivity contribution in [1.82, 2.24) is 5.32 Å². The highest BCUT2D eigenvalue weighted by Gasteiger charge is 2.02. The van der Waals surface area contributed by atoms with E-state index in [1.54, 1.807) is 24.3 Å². The van der Waals surface area contributed by atoms with Crippen LogP contribution in [-0.2, 0) is 11.2 Å². The maximum Gasteiger partial charge on any atom is 0.409 e. The summed E-state index contributed by atoms with van der Waals surface area (Å²) in [5.41, 5.74) is 6.96. The van der Waals surface area contributed by atoms with Crippen LogP contribution in [0.25, 0.3) is 0 Å². The standard InChI is InChI=1S/C18H21N3O3/c19-18(23)24-16-9-7-15(8-10-16)20-12-13-21-17(22)11-6-14-4-2-1-3-5-14/h1-5,7-10,20H,6,11-13H2,(H2,19,23)(H,21,22). The maximum atomic E-state index is 11.8. The van der Waals surface area contributed by atoms with Crippen LogP contribution in [0.5, 0.6) is 5.75 Å². The topological polar surface area (TPSA) is 93.5 Å². The maximum absolute atomic E-state index is 11.8. The van der Waals surface area contributed by atoms with Crippen LogP contribution in [0.3, 0.4) is 0 Å². The van der Waals surface area contributed by atoms with Crippen molar-refractivity contribution in [3.63, 3.8) is 0 Å². The average Bonchev–Trinajstić information content (AvgIpc) is 2.59. The number of ether oxygens (including phenoxy) is 1. The third kappa shape index (κ3) is 6.39. The molecule has 0 atom stereocenters. The molecule has 0 bridgehead atoms. The van der Waals surface area contributed by atoms with Gasteiger partial charge in [0.25, 0.3) is 0 Å². The van der Waals surface area contributed by atoms with Gasteiger partial charge >= 0.3 is 6.09 Å². The van der Waals surface area contributed by atoms with Gasteiger partial charge in [0, 0.05) is 25.2 Å². The monoisotopic (exact) mass is 327 g/mol. The molecule has 0 unspecified atom stereocenters. The van der Waals surface area contributed by atoms with E-state index in [9.17, 15) is 9.59 Å². The SMILES string of the molecule is NC(=O)Oc1ccc(NCCNC(=O)CCc2ccccc2)cc1. The van der Waals surface area contributed by atoms with Crippen LogP contribution in [0.1, 0.15) is 12.0 Å². The van der Waals surface area contributed by atoms with Crippen LogP contribution in [0.4, 0.5) is 10.5 Å². The summed E-state index contributed by atoms with van der Waals surface area (Å²) in [5.74, 6) is 0.424. The van der Waals surface area contributed by atoms with Gasteiger partial charge in [-0.2, -0.15) is 0 Å². The van der Waals surface area contributed by atoms with Crippen LogP contribution in [0.15, 0.2) is 54.6 Å². The molecule has 0 heterocycles. The molecule has 0 aliphatic carbocycles. The minimum Gasteiger partial charge on any atom is -0.411 e. The Kier molecular flexibility index (Phi) is 6.64. The molecule has 0 spiro atoms. The molecule has 0 saturated carbocycles. The second kappa shape index (κ2) is 9.19. The minimum atomic E-state index is -0.839. The summed E-state index contributed by atoms with van der Waals surface area (Å²) in [5, 5.41) is 6.04. The van der Waals surface area contributed by atoms with E-state index in [4.69, 9.17) is 10.5 Å². The number of hydrogen-bond donors (Lipinski definition) is 3. The lowest BCUT2D eigenvalue weighted by Gasteiger charge is -2.09. The number of nitrogens with one attached hydrogen (secondary N) is 2. The van der Waals surface area contributed by atoms with Gasteiger partial charge in [-0.15, -0.1) is 0 Å². The van der Waals surface area contributed by atoms with Gasteiger partial charge in [-0.25, -0.2) is 4.79 Å². The predicted molar refractivity (Wildman–Crippen MR) is 92.9 cm³/mol. The molecule has 0 aromatic heterocycles. The highest BCUT2D eigenvalue weighted by atomic mass is 16.5. The molecule has 2 rings (SSSR count). The van der Waals surface area contributed by atoms with Crippen molar-refractivity contribution in [1.29, 1.82) is 0 Å². The Morgan fingerprint density at radius 3 is 2.33 bits per heavy atom. The molecule has 2 aromatic carbocycles. The quantitative estimate of drug-likeness (QED) is 0.649. The van der Waals surface area contributed by atoms with E-state index in [-0.39, 0.29) is 5.91 Å². The summed E-state index contributed by atoms with van der Waals surface area (Å²) in [6.07, 6.45) is 0.374. The summed E-state index contributed by atoms with van der Waals surface area (Å²) in [4.78, 5) is 22.4. The summed E-state index contributed by atoms with van der Waals surface area (Å²) < 4.78 is 4.74. The first-order valence-corrected chi connectivity index (χ1v) is 7.75. The van der Waals surface area contributed by atoms with E-state index in [1.165, 1.54) is 0 Å². The lowest BCUT2D eigenvalue weighted by Crippen LogP contribution is -2.28. The van der Waals surface area contributed by atoms with Crippen LogP contribution in [-0.4, -0.2) is 25.1 Å². The van der Waals surface area contributed by atoms with Crippen molar-refractivity contribution in [2.24, 2.45) is 5.73 Å². The predicted octanol–water partition coefficient (Wildman–Crippen LogP) is 2.30. The number of hydrogen-bond acceptors (Lipinski definition) is 4. The zero-order valence-electron chi connectivity index (χ0n) is 13.3. The number of primary amides is 1. The van der Waals surface area contributed by atoms with Gasteiger partial charge in [-0.3, -0.25) is 4.79 Å². The first kappa shape index (κ1) is 17.3. The van der Waals surface area contributed by atoms with Crippen LogP contribution in [0.2, 0.25) is 0 Å². The van der Waals surface area contributed by atoms with E-state index in [2.05, 4.69) is 10.6 Å². The molecular weight excluding hydrogens is 306 g/mol. The zero-order chi connectivity index (χ0) is 17.2. The Morgan fingerprint density at radius 1 is 0.958 bits per heavy atom. The first-order valence-electron chi connectivity index (χ1n) is 7.75. The summed E-state index contributed by atoms with van der Waals surface area (Å²) in [6, 6.07) is 16.8. The molecule has 0 fully saturated rings. The number of amides is 2. The van der Waals surface area contributed by atoms with Crippen molar-refractivity contribution in [2.45, 2.75) is 12.8 Å². The molecule has 126 valence electrons. The first-order chi connectivity index (χ1) is 11.6. The summed E-state index contributed by atoms with van der Waals surface area (Å²) in [6.45, 7) is 1.14. The van der Waals surface area contributed by atoms with Gasteiger partial charge in [0.05, 0.1) is 0 Å². The van der Waals surface area contributed by atoms with Crippen molar-refractivity contribution >= 4 is 17.7 Å². The molecular formula is C18H21N3O3. The van der Waals surface area contributed by atoms with Gasteiger partial charge in [0.15, 0.2) is 0 Å². The molecule has 6 nitrogen and oxygen atoms in total. The van der Waals surface area contributed by atoms with Gasteiger partial charge in [0.1, 0.15) is 5.75 Å². The molecule has 0 aliphatic rings. The molecule has 2 aromatic rings. The van der Waals surface area contributed by atoms with E-state index < -0.39 is 6.09 Å². The highest BCUT2D eigenvalue weighted by molar-refractivity contribution is 5.76. The molecule has 6 heteroatoms. The fourth-order valence-corrected chi connectivity index (χ4v) is 2.16. The van der Waals surface area contributed by atoms with E-state index in [0.717, 1.165) is 17.7 Å². The fourth-order valence-electron chi connectivity index (χ4n) is 2.16. The average molecular weight is 327 g/mol. The molecule has 0 aliphatic heterocycles. The zero-order valence-corrected chi connectivity index (χ0v) is 13.3. The third-order valence-electron chi connectivity index (χ3n) is 3.33. The largest absolute Gasteiger partial charge is 0.411 e. The van der Waals surface area contributed by atoms with Gasteiger partial charge in [-0.05, 0) is 36.2 Å². The van der Waals surface area contributed by atoms with Gasteiger partial charge in [0.2, 0.25) is 5.91 Å². The van der Waals surface area contributed by atoms with Crippen molar-refractivity contribution in [2.75, 3.05) is 18.4 Å². The number of carbonyl (C=O) groups excluding carboxylic acids is 2. The summed E-state index contributed by atoms with van der Waals surface area (Å²) >= 11 is 0. The molecule has 2 amide bonds. The Labute approximate surface area is 141 Å². The number of anilines is 1. The van der Waals surface area contributed by atoms with E-state index in [0.29, 0.717) is 25.3 Å². The smallest absolute Gasteiger partial charge is 0.409 e. The van der Waals surface area contributed by atoms with Crippen molar-refractivity contribution in [3.05, 3.63) is 60.2 Å². The van der Waals surface area contributed by atoms with E-state index in [1.807, 2.05) is 30.3 Å². The number of nitrogens with two attached hydrogens (primary N) is 1. The summed E-state index contributed by atoms with van der Waals surface area (Å²) in [7, 11) is 0. The Morgan fingerprint density at radius 2 is 1.67 bits per heavy atom. The number of benzene rings is 2. The van der Waals surface area contributed by atoms with Gasteiger partial charge < -0.3 is 21.1 Å². The molecule has 24 heavy (non-hydrogen) atoms.